The molecule has 0 aliphatic carbocycles. The summed E-state index contributed by atoms with van der Waals surface area (Å²) in [5, 5.41) is 41.1. The number of carboxylic acid groups (broad SMARTS) is 1. The maximum absolute atomic E-state index is 13.2. The molecule has 4 aromatic carbocycles. The van der Waals surface area contributed by atoms with Gasteiger partial charge in [0.2, 0.25) is 59.1 Å². The molecule has 0 saturated carbocycles. The predicted octanol–water partition coefficient (Wildman–Crippen LogP) is -0.643. The van der Waals surface area contributed by atoms with Gasteiger partial charge in [-0.15, -0.1) is 0 Å². The van der Waals surface area contributed by atoms with Crippen LogP contribution in [0, 0.1) is 11.3 Å². The van der Waals surface area contributed by atoms with Gasteiger partial charge in [-0.2, -0.15) is 0 Å². The number of imidazole rings is 1. The van der Waals surface area contributed by atoms with E-state index in [1.54, 1.807) is 123 Å². The van der Waals surface area contributed by atoms with E-state index in [4.69, 9.17) is 38.9 Å². The zero-order valence-electron chi connectivity index (χ0n) is 64.5. The Kier molecular flexibility index (Phi) is 40.1. The van der Waals surface area contributed by atoms with Crippen LogP contribution in [0.25, 0.3) is 0 Å². The molecule has 0 fully saturated rings. The number of carboxylic acids is 1. The lowest BCUT2D eigenvalue weighted by Crippen LogP contribution is -2.56. The van der Waals surface area contributed by atoms with Gasteiger partial charge in [0, 0.05) is 65.5 Å². The number of H-pyrrole nitrogens is 1. The van der Waals surface area contributed by atoms with E-state index in [0.29, 0.717) is 23.2 Å². The molecular weight excluding hydrogens is 1490 g/mol. The fraction of sp³-hybridized carbons (Fsp3) is 0.462. The second-order valence-corrected chi connectivity index (χ2v) is 27.1. The highest BCUT2D eigenvalue weighted by atomic mass is 16.6. The highest BCUT2D eigenvalue weighted by Gasteiger charge is 2.36. The van der Waals surface area contributed by atoms with Crippen molar-refractivity contribution in [2.45, 2.75) is 149 Å². The lowest BCUT2D eigenvalue weighted by atomic mass is 9.92. The number of nitrogens with zero attached hydrogens (tertiary/aromatic N) is 1. The van der Waals surface area contributed by atoms with Crippen molar-refractivity contribution in [3.05, 3.63) is 160 Å². The second kappa shape index (κ2) is 49.4. The molecule has 0 saturated heterocycles. The number of aliphatic carboxylic acids is 1. The molecular formula is C78H102N12O24. The highest BCUT2D eigenvalue weighted by molar-refractivity contribution is 5.96. The summed E-state index contributed by atoms with van der Waals surface area (Å²) in [5.74, 6) is -11.8. The molecule has 0 aliphatic rings. The summed E-state index contributed by atoms with van der Waals surface area (Å²) in [6.07, 6.45) is 2.54. The normalized spacial score (nSPS) is 13.1. The van der Waals surface area contributed by atoms with E-state index in [-0.39, 0.29) is 105 Å². The van der Waals surface area contributed by atoms with Gasteiger partial charge in [0.15, 0.2) is 0 Å². The molecule has 1 aromatic heterocycles. The van der Waals surface area contributed by atoms with Gasteiger partial charge in [-0.05, 0) is 51.8 Å². The summed E-state index contributed by atoms with van der Waals surface area (Å²) in [5.41, 5.74) is 9.79. The standard InChI is InChI=1S/C78H102N12O24/c1-48(2)71(90-76(106)63(34-66(96)97)87-52(6)94)77(107)83-38-70(101)113-31-28-55-16-22-59(23-17-55)42-110-45-78(46-114-67(98)25-24-65(79)95,43-108-40-57-18-12-53(13-19-57)26-29-111-68(99)36-81-73(103)62(33-60-35-80-47-84-60)88-72(102)49(3)85-50(4)92)44-109-41-58-20-14-54(15-21-58)27-30-112-69(100)37-82-74(104)64(39-91)89-75(105)61(86-51(5)93)32-56-10-8-7-9-11-56/h7-23,35,47-49,61-64,71,91H,24-34,36-46H2,1-6H3,(H2,79,95)(H,80,84)(H,81,103)(H,82,104)(H,83,107)(H,85,92)(H,86,93)(H,87,94)(H,88,102)(H,89,105)(H,90,106)(H,96,97)/t49-,61-,62-,63-,64-,71-,78?/m0/s1. The number of nitrogens with two attached hydrogens (primary N) is 1. The zero-order chi connectivity index (χ0) is 83.5. The molecule has 1 heterocycles. The van der Waals surface area contributed by atoms with Gasteiger partial charge in [-0.25, -0.2) is 4.98 Å². The minimum atomic E-state index is -1.45. The van der Waals surface area contributed by atoms with Crippen molar-refractivity contribution in [2.24, 2.45) is 17.1 Å². The number of benzene rings is 4. The molecule has 5 rings (SSSR count). The van der Waals surface area contributed by atoms with Crippen molar-refractivity contribution >= 4 is 88.9 Å². The molecule has 1 unspecified atom stereocenters. The van der Waals surface area contributed by atoms with Gasteiger partial charge in [0.1, 0.15) is 62.5 Å². The number of rotatable bonds is 52. The zero-order valence-corrected chi connectivity index (χ0v) is 64.5. The molecule has 0 bridgehead atoms. The van der Waals surface area contributed by atoms with Crippen molar-refractivity contribution in [1.82, 2.24) is 57.8 Å². The molecule has 618 valence electrons. The van der Waals surface area contributed by atoms with Crippen LogP contribution in [0.4, 0.5) is 0 Å². The topological polar surface area (TPSA) is 524 Å². The van der Waals surface area contributed by atoms with Gasteiger partial charge in [0.25, 0.3) is 0 Å². The van der Waals surface area contributed by atoms with Crippen LogP contribution in [0.15, 0.2) is 116 Å². The first kappa shape index (κ1) is 92.6. The average molecular weight is 1590 g/mol. The lowest BCUT2D eigenvalue weighted by molar-refractivity contribution is -0.158. The molecule has 0 aliphatic heterocycles. The Labute approximate surface area is 658 Å². The van der Waals surface area contributed by atoms with Crippen molar-refractivity contribution in [3.8, 4) is 0 Å². The van der Waals surface area contributed by atoms with E-state index in [2.05, 4.69) is 57.8 Å². The molecule has 114 heavy (non-hydrogen) atoms. The Morgan fingerprint density at radius 3 is 1.29 bits per heavy atom. The largest absolute Gasteiger partial charge is 0.481 e. The molecule has 36 nitrogen and oxygen atoms in total. The Balaban J connectivity index is 1.20. The number of carbonyl (C=O) groups is 15. The lowest BCUT2D eigenvalue weighted by Gasteiger charge is -2.33. The van der Waals surface area contributed by atoms with Crippen LogP contribution in [-0.2, 0) is 157 Å². The van der Waals surface area contributed by atoms with E-state index < -0.39 is 169 Å². The molecule has 7 atom stereocenters. The fourth-order valence-electron chi connectivity index (χ4n) is 10.9. The third kappa shape index (κ3) is 36.4. The Morgan fingerprint density at radius 1 is 0.447 bits per heavy atom. The van der Waals surface area contributed by atoms with Gasteiger partial charge >= 0.3 is 29.8 Å². The fourth-order valence-corrected chi connectivity index (χ4v) is 10.9. The monoisotopic (exact) mass is 1590 g/mol. The third-order valence-corrected chi connectivity index (χ3v) is 16.9. The molecule has 36 heteroatoms. The smallest absolute Gasteiger partial charge is 0.325 e. The van der Waals surface area contributed by atoms with E-state index in [0.717, 1.165) is 34.7 Å². The maximum atomic E-state index is 13.2. The third-order valence-electron chi connectivity index (χ3n) is 16.9. The SMILES string of the molecule is CC(=O)N[C@@H](C)C(=O)N[C@@H](Cc1c[nH]cn1)C(=O)NCC(=O)OCCc1ccc(COCC(COCc2ccc(CCOC(=O)CNC(=O)[C@H](CO)NC(=O)[C@H](Cc3ccccc3)NC(C)=O)cc2)(COCc2ccc(CCOC(=O)CNC(=O)[C@@H](NC(=O)[C@H](CC(=O)O)NC(C)=O)C(C)C)cc2)COC(=O)CCC(N)=O)cc1. The van der Waals surface area contributed by atoms with Crippen molar-refractivity contribution in [1.29, 1.82) is 0 Å². The Morgan fingerprint density at radius 2 is 0.868 bits per heavy atom. The number of carbonyl (C=O) groups excluding carboxylic acids is 14. The number of aromatic nitrogens is 2. The summed E-state index contributed by atoms with van der Waals surface area (Å²) in [4.78, 5) is 194. The summed E-state index contributed by atoms with van der Waals surface area (Å²) >= 11 is 0. The Bertz CT molecular complexity index is 3980. The minimum Gasteiger partial charge on any atom is -0.481 e. The number of ether oxygens (including phenoxy) is 7. The summed E-state index contributed by atoms with van der Waals surface area (Å²) in [7, 11) is 0. The first-order valence-corrected chi connectivity index (χ1v) is 36.7. The van der Waals surface area contributed by atoms with Crippen LogP contribution in [0.3, 0.4) is 0 Å². The number of amides is 10. The van der Waals surface area contributed by atoms with Gasteiger partial charge in [0.05, 0.1) is 96.3 Å². The van der Waals surface area contributed by atoms with Crippen LogP contribution in [0.1, 0.15) is 105 Å². The first-order valence-electron chi connectivity index (χ1n) is 36.7. The number of hydrogen-bond acceptors (Lipinski definition) is 24. The quantitative estimate of drug-likeness (QED) is 0.0170. The molecule has 5 aromatic rings. The number of aromatic amines is 1. The summed E-state index contributed by atoms with van der Waals surface area (Å²) in [6, 6.07) is 23.1. The number of aliphatic hydroxyl groups excluding tert-OH is 1. The maximum Gasteiger partial charge on any atom is 0.325 e. The summed E-state index contributed by atoms with van der Waals surface area (Å²) in [6.45, 7) is 5.09. The first-order chi connectivity index (χ1) is 54.4. The number of nitrogens with one attached hydrogen (secondary N) is 10. The van der Waals surface area contributed by atoms with E-state index >= 15 is 0 Å². The number of aliphatic hydroxyl groups is 1. The molecule has 14 N–H and O–H groups in total. The minimum absolute atomic E-state index is 0.0173. The molecule has 0 radical (unpaired) electrons. The van der Waals surface area contributed by atoms with Crippen LogP contribution < -0.4 is 53.6 Å². The average Bonchev–Trinajstić information content (AvgIpc) is 1.22. The number of hydrogen-bond donors (Lipinski definition) is 13. The molecule has 10 amide bonds. The van der Waals surface area contributed by atoms with E-state index in [1.807, 2.05) is 0 Å². The van der Waals surface area contributed by atoms with Gasteiger partial charge < -0.3 is 102 Å². The second-order valence-electron chi connectivity index (χ2n) is 27.1. The number of primary amides is 1. The van der Waals surface area contributed by atoms with Crippen molar-refractivity contribution in [3.63, 3.8) is 0 Å². The van der Waals surface area contributed by atoms with Crippen LogP contribution >= 0.6 is 0 Å². The van der Waals surface area contributed by atoms with E-state index in [9.17, 15) is 82.1 Å². The highest BCUT2D eigenvalue weighted by Crippen LogP contribution is 2.25. The van der Waals surface area contributed by atoms with Crippen LogP contribution in [0.5, 0.6) is 0 Å². The number of esters is 4. The summed E-state index contributed by atoms with van der Waals surface area (Å²) < 4.78 is 41.0. The molecule has 0 spiro atoms. The van der Waals surface area contributed by atoms with Crippen LogP contribution in [-0.4, -0.2) is 218 Å². The van der Waals surface area contributed by atoms with E-state index in [1.165, 1.54) is 27.1 Å². The van der Waals surface area contributed by atoms with Crippen LogP contribution in [0.2, 0.25) is 0 Å². The van der Waals surface area contributed by atoms with Crippen molar-refractivity contribution in [2.75, 3.05) is 72.5 Å². The predicted molar refractivity (Wildman–Crippen MR) is 404 cm³/mol. The Hall–Kier alpha value is -12.0. The van der Waals surface area contributed by atoms with Gasteiger partial charge in [-0.3, -0.25) is 71.9 Å². The van der Waals surface area contributed by atoms with Gasteiger partial charge in [-0.1, -0.05) is 117 Å². The van der Waals surface area contributed by atoms with Crippen molar-refractivity contribution < 1.29 is 115 Å².